The number of thioether (sulfide) groups is 1. The number of aryl methyl sites for hydroxylation is 1. The van der Waals surface area contributed by atoms with Gasteiger partial charge in [0.15, 0.2) is 0 Å². The van der Waals surface area contributed by atoms with Gasteiger partial charge in [0.2, 0.25) is 5.91 Å². The van der Waals surface area contributed by atoms with E-state index in [1.807, 2.05) is 28.5 Å². The Bertz CT molecular complexity index is 730. The van der Waals surface area contributed by atoms with Gasteiger partial charge in [0, 0.05) is 20.1 Å². The van der Waals surface area contributed by atoms with Crippen molar-refractivity contribution in [2.24, 2.45) is 0 Å². The van der Waals surface area contributed by atoms with Gasteiger partial charge < -0.3 is 9.80 Å². The van der Waals surface area contributed by atoms with Crippen LogP contribution < -0.4 is 0 Å². The molecule has 1 aliphatic rings. The van der Waals surface area contributed by atoms with Crippen molar-refractivity contribution in [1.29, 1.82) is 0 Å². The molecule has 24 heavy (non-hydrogen) atoms. The number of likely N-dealkylation sites (N-methyl/N-ethyl adjacent to an activating group) is 1. The van der Waals surface area contributed by atoms with Crippen LogP contribution in [0.2, 0.25) is 0 Å². The predicted molar refractivity (Wildman–Crippen MR) is 99.4 cm³/mol. The van der Waals surface area contributed by atoms with Crippen LogP contribution in [0.4, 0.5) is 0 Å². The Kier molecular flexibility index (Phi) is 5.26. The molecule has 1 aliphatic heterocycles. The van der Waals surface area contributed by atoms with E-state index in [-0.39, 0.29) is 17.2 Å². The standard InChI is InChI=1S/C18H20N2O2S2/c1-13-5-3-6-14(11-13)18-20(16(21)12-24-18)9-8-19(2)17(22)15-7-4-10-23-15/h3-7,10-11,18H,8-9,12H2,1-2H3. The molecule has 0 aliphatic carbocycles. The number of rotatable bonds is 5. The summed E-state index contributed by atoms with van der Waals surface area (Å²) in [6.45, 7) is 3.14. The van der Waals surface area contributed by atoms with Crippen molar-refractivity contribution in [1.82, 2.24) is 9.80 Å². The second kappa shape index (κ2) is 7.40. The SMILES string of the molecule is Cc1cccc(C2SCC(=O)N2CCN(C)C(=O)c2cccs2)c1. The van der Waals surface area contributed by atoms with Gasteiger partial charge in [-0.1, -0.05) is 35.9 Å². The van der Waals surface area contributed by atoms with Gasteiger partial charge in [-0.25, -0.2) is 0 Å². The van der Waals surface area contributed by atoms with Crippen molar-refractivity contribution in [2.45, 2.75) is 12.3 Å². The van der Waals surface area contributed by atoms with Crippen LogP contribution in [0.1, 0.15) is 26.2 Å². The van der Waals surface area contributed by atoms with Crippen molar-refractivity contribution in [3.8, 4) is 0 Å². The average Bonchev–Trinajstić information content (AvgIpc) is 3.22. The minimum absolute atomic E-state index is 0.0106. The zero-order valence-corrected chi connectivity index (χ0v) is 15.4. The van der Waals surface area contributed by atoms with E-state index in [0.717, 1.165) is 10.4 Å². The lowest BCUT2D eigenvalue weighted by atomic mass is 10.1. The van der Waals surface area contributed by atoms with Gasteiger partial charge in [-0.15, -0.1) is 23.1 Å². The Labute approximate surface area is 150 Å². The topological polar surface area (TPSA) is 40.6 Å². The van der Waals surface area contributed by atoms with Crippen LogP contribution >= 0.6 is 23.1 Å². The van der Waals surface area contributed by atoms with Gasteiger partial charge in [0.25, 0.3) is 5.91 Å². The van der Waals surface area contributed by atoms with Crippen molar-refractivity contribution in [3.05, 3.63) is 57.8 Å². The fraction of sp³-hybridized carbons (Fsp3) is 0.333. The third-order valence-electron chi connectivity index (χ3n) is 4.05. The predicted octanol–water partition coefficient (Wildman–Crippen LogP) is 3.40. The maximum absolute atomic E-state index is 12.3. The molecule has 1 aromatic carbocycles. The number of amides is 2. The smallest absolute Gasteiger partial charge is 0.263 e. The highest BCUT2D eigenvalue weighted by molar-refractivity contribution is 8.00. The molecule has 1 saturated heterocycles. The van der Waals surface area contributed by atoms with Gasteiger partial charge in [-0.3, -0.25) is 9.59 Å². The van der Waals surface area contributed by atoms with Gasteiger partial charge >= 0.3 is 0 Å². The van der Waals surface area contributed by atoms with Crippen LogP contribution in [0.5, 0.6) is 0 Å². The Morgan fingerprint density at radius 1 is 1.33 bits per heavy atom. The maximum Gasteiger partial charge on any atom is 0.263 e. The average molecular weight is 361 g/mol. The van der Waals surface area contributed by atoms with E-state index in [4.69, 9.17) is 0 Å². The first kappa shape index (κ1) is 17.0. The van der Waals surface area contributed by atoms with E-state index in [1.54, 1.807) is 23.7 Å². The highest BCUT2D eigenvalue weighted by Crippen LogP contribution is 2.38. The number of nitrogens with zero attached hydrogens (tertiary/aromatic N) is 2. The summed E-state index contributed by atoms with van der Waals surface area (Å²) in [5, 5.41) is 1.94. The van der Waals surface area contributed by atoms with Crippen LogP contribution in [0.25, 0.3) is 0 Å². The summed E-state index contributed by atoms with van der Waals surface area (Å²) in [6, 6.07) is 12.0. The number of benzene rings is 1. The van der Waals surface area contributed by atoms with Gasteiger partial charge in [-0.2, -0.15) is 0 Å². The molecule has 0 saturated carbocycles. The number of carbonyl (C=O) groups excluding carboxylic acids is 2. The van der Waals surface area contributed by atoms with Crippen LogP contribution in [0.3, 0.4) is 0 Å². The molecular formula is C18H20N2O2S2. The zero-order chi connectivity index (χ0) is 17.1. The molecule has 0 N–H and O–H groups in total. The summed E-state index contributed by atoms with van der Waals surface area (Å²) in [5.41, 5.74) is 2.34. The van der Waals surface area contributed by atoms with Crippen molar-refractivity contribution < 1.29 is 9.59 Å². The number of thiophene rings is 1. The first-order chi connectivity index (χ1) is 11.6. The Hall–Kier alpha value is -1.79. The molecular weight excluding hydrogens is 340 g/mol. The molecule has 2 aromatic rings. The minimum atomic E-state index is 0.0106. The first-order valence-electron chi connectivity index (χ1n) is 7.83. The summed E-state index contributed by atoms with van der Waals surface area (Å²) in [6.07, 6.45) is 0. The number of carbonyl (C=O) groups is 2. The molecule has 1 aromatic heterocycles. The van der Waals surface area contributed by atoms with E-state index in [1.165, 1.54) is 16.9 Å². The van der Waals surface area contributed by atoms with E-state index in [2.05, 4.69) is 25.1 Å². The van der Waals surface area contributed by atoms with Gasteiger partial charge in [0.1, 0.15) is 5.37 Å². The van der Waals surface area contributed by atoms with E-state index in [0.29, 0.717) is 18.8 Å². The van der Waals surface area contributed by atoms with E-state index < -0.39 is 0 Å². The van der Waals surface area contributed by atoms with Crippen molar-refractivity contribution >= 4 is 34.9 Å². The molecule has 1 atom stereocenters. The van der Waals surface area contributed by atoms with Crippen LogP contribution in [-0.2, 0) is 4.79 Å². The molecule has 2 amide bonds. The highest BCUT2D eigenvalue weighted by atomic mass is 32.2. The fourth-order valence-corrected chi connectivity index (χ4v) is 4.67. The summed E-state index contributed by atoms with van der Waals surface area (Å²) < 4.78 is 0. The molecule has 0 spiro atoms. The molecule has 2 heterocycles. The maximum atomic E-state index is 12.3. The summed E-state index contributed by atoms with van der Waals surface area (Å²) >= 11 is 3.09. The second-order valence-corrected chi connectivity index (χ2v) is 7.88. The molecule has 6 heteroatoms. The lowest BCUT2D eigenvalue weighted by Crippen LogP contribution is -2.38. The molecule has 1 unspecified atom stereocenters. The molecule has 1 fully saturated rings. The summed E-state index contributed by atoms with van der Waals surface area (Å²) in [7, 11) is 1.79. The quantitative estimate of drug-likeness (QED) is 0.820. The fourth-order valence-electron chi connectivity index (χ4n) is 2.74. The Balaban J connectivity index is 1.66. The Morgan fingerprint density at radius 2 is 2.17 bits per heavy atom. The summed E-state index contributed by atoms with van der Waals surface area (Å²) in [4.78, 5) is 28.9. The highest BCUT2D eigenvalue weighted by Gasteiger charge is 2.32. The molecule has 126 valence electrons. The van der Waals surface area contributed by atoms with E-state index in [9.17, 15) is 9.59 Å². The van der Waals surface area contributed by atoms with Gasteiger partial charge in [-0.05, 0) is 23.9 Å². The third kappa shape index (κ3) is 3.65. The minimum Gasteiger partial charge on any atom is -0.339 e. The lowest BCUT2D eigenvalue weighted by molar-refractivity contribution is -0.128. The third-order valence-corrected chi connectivity index (χ3v) is 6.16. The first-order valence-corrected chi connectivity index (χ1v) is 9.75. The van der Waals surface area contributed by atoms with Crippen molar-refractivity contribution in [2.75, 3.05) is 25.9 Å². The molecule has 4 nitrogen and oxygen atoms in total. The second-order valence-electron chi connectivity index (χ2n) is 5.87. The largest absolute Gasteiger partial charge is 0.339 e. The van der Waals surface area contributed by atoms with E-state index >= 15 is 0 Å². The molecule has 0 bridgehead atoms. The Morgan fingerprint density at radius 3 is 2.88 bits per heavy atom. The van der Waals surface area contributed by atoms with Crippen LogP contribution in [0, 0.1) is 6.92 Å². The zero-order valence-electron chi connectivity index (χ0n) is 13.8. The van der Waals surface area contributed by atoms with Gasteiger partial charge in [0.05, 0.1) is 10.6 Å². The van der Waals surface area contributed by atoms with Crippen LogP contribution in [0.15, 0.2) is 41.8 Å². The van der Waals surface area contributed by atoms with Crippen LogP contribution in [-0.4, -0.2) is 47.5 Å². The monoisotopic (exact) mass is 360 g/mol. The summed E-state index contributed by atoms with van der Waals surface area (Å²) in [5.74, 6) is 0.654. The normalized spacial score (nSPS) is 17.3. The lowest BCUT2D eigenvalue weighted by Gasteiger charge is -2.27. The molecule has 3 rings (SSSR count). The van der Waals surface area contributed by atoms with Crippen molar-refractivity contribution in [3.63, 3.8) is 0 Å². The number of hydrogen-bond acceptors (Lipinski definition) is 4. The number of hydrogen-bond donors (Lipinski definition) is 0. The molecule has 0 radical (unpaired) electrons.